The van der Waals surface area contributed by atoms with Crippen molar-refractivity contribution in [1.82, 2.24) is 4.31 Å². The standard InChI is InChI=1S/C13H15NO2S/c1-3-12-8-9-14(10-12)17(15,16)13-6-4-11(2)5-7-13/h4-7H,1,8-10H2,2H3. The fourth-order valence-electron chi connectivity index (χ4n) is 1.84. The van der Waals surface area contributed by atoms with Crippen molar-refractivity contribution in [2.45, 2.75) is 18.2 Å². The molecule has 0 unspecified atom stereocenters. The van der Waals surface area contributed by atoms with Gasteiger partial charge in [-0.1, -0.05) is 24.3 Å². The maximum absolute atomic E-state index is 12.3. The molecule has 0 atom stereocenters. The zero-order valence-electron chi connectivity index (χ0n) is 9.81. The Labute approximate surface area is 102 Å². The minimum absolute atomic E-state index is 0.355. The molecule has 1 heterocycles. The van der Waals surface area contributed by atoms with E-state index in [9.17, 15) is 8.42 Å². The maximum atomic E-state index is 12.3. The molecule has 17 heavy (non-hydrogen) atoms. The highest BCUT2D eigenvalue weighted by molar-refractivity contribution is 7.89. The first-order chi connectivity index (χ1) is 8.04. The van der Waals surface area contributed by atoms with Gasteiger partial charge in [0.15, 0.2) is 0 Å². The predicted octanol–water partition coefficient (Wildman–Crippen LogP) is 2.10. The molecule has 0 spiro atoms. The summed E-state index contributed by atoms with van der Waals surface area (Å²) in [7, 11) is -3.35. The van der Waals surface area contributed by atoms with Crippen molar-refractivity contribution in [3.8, 4) is 0 Å². The summed E-state index contributed by atoms with van der Waals surface area (Å²) < 4.78 is 26.0. The Bertz CT molecular complexity index is 566. The van der Waals surface area contributed by atoms with Crippen LogP contribution in [-0.2, 0) is 10.0 Å². The Kier molecular flexibility index (Phi) is 3.20. The lowest BCUT2D eigenvalue weighted by Gasteiger charge is -2.15. The third-order valence-electron chi connectivity index (χ3n) is 2.94. The van der Waals surface area contributed by atoms with Crippen LogP contribution in [0.25, 0.3) is 0 Å². The molecular weight excluding hydrogens is 234 g/mol. The number of rotatable bonds is 2. The topological polar surface area (TPSA) is 37.4 Å². The third kappa shape index (κ3) is 2.34. The summed E-state index contributed by atoms with van der Waals surface area (Å²) in [4.78, 5) is 0.355. The van der Waals surface area contributed by atoms with Gasteiger partial charge in [0.1, 0.15) is 0 Å². The van der Waals surface area contributed by atoms with E-state index in [0.29, 0.717) is 18.0 Å². The van der Waals surface area contributed by atoms with Crippen molar-refractivity contribution >= 4 is 10.0 Å². The zero-order valence-corrected chi connectivity index (χ0v) is 10.6. The van der Waals surface area contributed by atoms with Crippen LogP contribution >= 0.6 is 0 Å². The molecule has 1 aromatic rings. The van der Waals surface area contributed by atoms with Gasteiger partial charge >= 0.3 is 0 Å². The van der Waals surface area contributed by atoms with Crippen LogP contribution in [0.5, 0.6) is 0 Å². The van der Waals surface area contributed by atoms with E-state index in [1.165, 1.54) is 4.31 Å². The first-order valence-corrected chi connectivity index (χ1v) is 6.92. The van der Waals surface area contributed by atoms with Crippen molar-refractivity contribution < 1.29 is 8.42 Å². The Morgan fingerprint density at radius 1 is 1.29 bits per heavy atom. The van der Waals surface area contributed by atoms with Crippen LogP contribution in [0.2, 0.25) is 0 Å². The van der Waals surface area contributed by atoms with Crippen LogP contribution in [0, 0.1) is 6.92 Å². The lowest BCUT2D eigenvalue weighted by atomic mass is 10.2. The predicted molar refractivity (Wildman–Crippen MR) is 67.2 cm³/mol. The van der Waals surface area contributed by atoms with E-state index in [0.717, 1.165) is 17.6 Å². The van der Waals surface area contributed by atoms with Gasteiger partial charge in [-0.3, -0.25) is 0 Å². The second kappa shape index (κ2) is 4.49. The fourth-order valence-corrected chi connectivity index (χ4v) is 3.28. The maximum Gasteiger partial charge on any atom is 0.243 e. The van der Waals surface area contributed by atoms with Gasteiger partial charge < -0.3 is 0 Å². The molecule has 1 fully saturated rings. The number of hydrogen-bond donors (Lipinski definition) is 0. The molecule has 0 amide bonds. The molecule has 0 aliphatic carbocycles. The van der Waals surface area contributed by atoms with Gasteiger partial charge in [-0.2, -0.15) is 4.31 Å². The van der Waals surface area contributed by atoms with Crippen LogP contribution in [0.15, 0.2) is 47.0 Å². The minimum Gasteiger partial charge on any atom is -0.207 e. The largest absolute Gasteiger partial charge is 0.243 e. The Morgan fingerprint density at radius 3 is 2.47 bits per heavy atom. The smallest absolute Gasteiger partial charge is 0.207 e. The van der Waals surface area contributed by atoms with Crippen LogP contribution in [-0.4, -0.2) is 25.8 Å². The lowest BCUT2D eigenvalue weighted by Crippen LogP contribution is -2.27. The molecule has 1 saturated heterocycles. The molecule has 2 rings (SSSR count). The number of nitrogens with zero attached hydrogens (tertiary/aromatic N) is 1. The Hall–Kier alpha value is -1.35. The van der Waals surface area contributed by atoms with Gasteiger partial charge in [0, 0.05) is 13.1 Å². The van der Waals surface area contributed by atoms with Crippen LogP contribution in [0.3, 0.4) is 0 Å². The fraction of sp³-hybridized carbons (Fsp3) is 0.308. The Morgan fingerprint density at radius 2 is 1.94 bits per heavy atom. The highest BCUT2D eigenvalue weighted by Gasteiger charge is 2.29. The van der Waals surface area contributed by atoms with E-state index in [4.69, 9.17) is 0 Å². The first kappa shape index (κ1) is 12.1. The summed E-state index contributed by atoms with van der Waals surface area (Å²) in [6.07, 6.45) is 0.731. The Balaban J connectivity index is 2.31. The summed E-state index contributed by atoms with van der Waals surface area (Å²) in [5, 5.41) is 0. The van der Waals surface area contributed by atoms with Crippen molar-refractivity contribution in [1.29, 1.82) is 0 Å². The molecule has 1 aliphatic heterocycles. The molecule has 90 valence electrons. The van der Waals surface area contributed by atoms with E-state index in [1.54, 1.807) is 12.1 Å². The summed E-state index contributed by atoms with van der Waals surface area (Å²) in [5.41, 5.74) is 4.80. The lowest BCUT2D eigenvalue weighted by molar-refractivity contribution is 0.481. The van der Waals surface area contributed by atoms with E-state index in [1.807, 2.05) is 19.1 Å². The van der Waals surface area contributed by atoms with Gasteiger partial charge in [-0.25, -0.2) is 8.42 Å². The van der Waals surface area contributed by atoms with Crippen LogP contribution in [0.4, 0.5) is 0 Å². The summed E-state index contributed by atoms with van der Waals surface area (Å²) in [5.74, 6) is 0. The number of benzene rings is 1. The average Bonchev–Trinajstić information content (AvgIpc) is 2.78. The third-order valence-corrected chi connectivity index (χ3v) is 4.80. The van der Waals surface area contributed by atoms with Gasteiger partial charge in [-0.15, -0.1) is 5.73 Å². The first-order valence-electron chi connectivity index (χ1n) is 5.48. The van der Waals surface area contributed by atoms with Gasteiger partial charge in [0.05, 0.1) is 4.90 Å². The molecular formula is C13H15NO2S. The van der Waals surface area contributed by atoms with E-state index in [2.05, 4.69) is 12.3 Å². The van der Waals surface area contributed by atoms with E-state index in [-0.39, 0.29) is 0 Å². The van der Waals surface area contributed by atoms with Gasteiger partial charge in [0.2, 0.25) is 10.0 Å². The minimum atomic E-state index is -3.35. The van der Waals surface area contributed by atoms with E-state index < -0.39 is 10.0 Å². The average molecular weight is 249 g/mol. The molecule has 3 nitrogen and oxygen atoms in total. The second-order valence-corrected chi connectivity index (χ2v) is 6.12. The highest BCUT2D eigenvalue weighted by atomic mass is 32.2. The summed E-state index contributed by atoms with van der Waals surface area (Å²) in [6, 6.07) is 6.93. The summed E-state index contributed by atoms with van der Waals surface area (Å²) in [6.45, 7) is 6.43. The molecule has 0 bridgehead atoms. The van der Waals surface area contributed by atoms with Crippen molar-refractivity contribution in [3.05, 3.63) is 47.7 Å². The molecule has 1 aromatic carbocycles. The van der Waals surface area contributed by atoms with Crippen molar-refractivity contribution in [3.63, 3.8) is 0 Å². The quantitative estimate of drug-likeness (QED) is 0.753. The summed E-state index contributed by atoms with van der Waals surface area (Å²) >= 11 is 0. The molecule has 0 N–H and O–H groups in total. The monoisotopic (exact) mass is 249 g/mol. The second-order valence-electron chi connectivity index (χ2n) is 4.18. The molecule has 0 radical (unpaired) electrons. The zero-order chi connectivity index (χ0) is 12.5. The molecule has 1 aliphatic rings. The normalized spacial score (nSPS) is 17.1. The molecule has 0 aromatic heterocycles. The van der Waals surface area contributed by atoms with Gasteiger partial charge in [-0.05, 0) is 31.1 Å². The van der Waals surface area contributed by atoms with Gasteiger partial charge in [0.25, 0.3) is 0 Å². The molecule has 4 heteroatoms. The highest BCUT2D eigenvalue weighted by Crippen LogP contribution is 2.23. The molecule has 0 saturated carbocycles. The van der Waals surface area contributed by atoms with Crippen molar-refractivity contribution in [2.24, 2.45) is 0 Å². The SMILES string of the molecule is C=C=C1CCN(S(=O)(=O)c2ccc(C)cc2)C1. The van der Waals surface area contributed by atoms with E-state index >= 15 is 0 Å². The number of hydrogen-bond acceptors (Lipinski definition) is 2. The number of aryl methyl sites for hydroxylation is 1. The van der Waals surface area contributed by atoms with Crippen molar-refractivity contribution in [2.75, 3.05) is 13.1 Å². The number of sulfonamides is 1. The van der Waals surface area contributed by atoms with Crippen LogP contribution in [0.1, 0.15) is 12.0 Å². The van der Waals surface area contributed by atoms with Crippen LogP contribution < -0.4 is 0 Å².